The lowest BCUT2D eigenvalue weighted by Crippen LogP contribution is -2.06. The summed E-state index contributed by atoms with van der Waals surface area (Å²) in [5.74, 6) is -0.590. The number of carbonyl (C=O) groups excluding carboxylic acids is 3. The molecule has 5 nitrogen and oxygen atoms in total. The van der Waals surface area contributed by atoms with Gasteiger partial charge in [0, 0.05) is 17.7 Å². The summed E-state index contributed by atoms with van der Waals surface area (Å²) in [4.78, 5) is 34.0. The van der Waals surface area contributed by atoms with E-state index in [4.69, 9.17) is 0 Å². The molecule has 1 aromatic rings. The molecule has 1 aliphatic heterocycles. The zero-order valence-corrected chi connectivity index (χ0v) is 9.99. The highest BCUT2D eigenvalue weighted by Crippen LogP contribution is 2.24. The Kier molecular flexibility index (Phi) is 3.41. The molecule has 1 heterocycles. The number of ketones is 1. The second-order valence-corrected chi connectivity index (χ2v) is 4.10. The van der Waals surface area contributed by atoms with Crippen LogP contribution < -0.4 is 5.32 Å². The molecule has 1 aromatic carbocycles. The van der Waals surface area contributed by atoms with Gasteiger partial charge in [0.15, 0.2) is 5.78 Å². The van der Waals surface area contributed by atoms with Gasteiger partial charge in [0.05, 0.1) is 20.0 Å². The standard InChI is InChI=1S/C13H13NO4/c1-18-13(17)5-4-11(15)8-2-3-10-9(6-8)7-12(16)14-10/h2-3,6H,4-5,7H2,1H3,(H,14,16). The van der Waals surface area contributed by atoms with E-state index in [-0.39, 0.29) is 24.5 Å². The Bertz CT molecular complexity index is 522. The van der Waals surface area contributed by atoms with Gasteiger partial charge in [-0.25, -0.2) is 0 Å². The van der Waals surface area contributed by atoms with Crippen molar-refractivity contribution in [2.24, 2.45) is 0 Å². The van der Waals surface area contributed by atoms with Crippen molar-refractivity contribution in [1.82, 2.24) is 0 Å². The molecule has 18 heavy (non-hydrogen) atoms. The third-order valence-corrected chi connectivity index (χ3v) is 2.84. The van der Waals surface area contributed by atoms with Crippen LogP contribution in [0.5, 0.6) is 0 Å². The van der Waals surface area contributed by atoms with Crippen molar-refractivity contribution in [1.29, 1.82) is 0 Å². The van der Waals surface area contributed by atoms with Crippen LogP contribution in [0.4, 0.5) is 5.69 Å². The van der Waals surface area contributed by atoms with Crippen LogP contribution in [0, 0.1) is 0 Å². The molecule has 0 atom stereocenters. The van der Waals surface area contributed by atoms with Crippen LogP contribution >= 0.6 is 0 Å². The van der Waals surface area contributed by atoms with Gasteiger partial charge in [0.1, 0.15) is 0 Å². The van der Waals surface area contributed by atoms with E-state index >= 15 is 0 Å². The van der Waals surface area contributed by atoms with E-state index in [0.29, 0.717) is 12.0 Å². The zero-order valence-electron chi connectivity index (χ0n) is 9.99. The fraction of sp³-hybridized carbons (Fsp3) is 0.308. The monoisotopic (exact) mass is 247 g/mol. The molecule has 5 heteroatoms. The van der Waals surface area contributed by atoms with Crippen LogP contribution in [0.3, 0.4) is 0 Å². The Morgan fingerprint density at radius 1 is 1.33 bits per heavy atom. The number of nitrogens with one attached hydrogen (secondary N) is 1. The minimum atomic E-state index is -0.402. The minimum absolute atomic E-state index is 0.0656. The third-order valence-electron chi connectivity index (χ3n) is 2.84. The summed E-state index contributed by atoms with van der Waals surface area (Å²) in [5, 5.41) is 2.70. The van der Waals surface area contributed by atoms with E-state index in [1.165, 1.54) is 7.11 Å². The van der Waals surface area contributed by atoms with Gasteiger partial charge in [-0.1, -0.05) is 0 Å². The Balaban J connectivity index is 2.06. The van der Waals surface area contributed by atoms with Crippen molar-refractivity contribution < 1.29 is 19.1 Å². The number of hydrogen-bond donors (Lipinski definition) is 1. The molecule has 0 fully saturated rings. The second-order valence-electron chi connectivity index (χ2n) is 4.10. The number of anilines is 1. The molecule has 0 radical (unpaired) electrons. The maximum Gasteiger partial charge on any atom is 0.305 e. The van der Waals surface area contributed by atoms with Crippen LogP contribution in [-0.4, -0.2) is 24.8 Å². The molecule has 0 spiro atoms. The normalized spacial score (nSPS) is 12.8. The smallest absolute Gasteiger partial charge is 0.305 e. The summed E-state index contributed by atoms with van der Waals surface area (Å²) in [5.41, 5.74) is 2.10. The molecule has 2 rings (SSSR count). The van der Waals surface area contributed by atoms with Gasteiger partial charge >= 0.3 is 5.97 Å². The SMILES string of the molecule is COC(=O)CCC(=O)c1ccc2c(c1)CC(=O)N2. The number of fused-ring (bicyclic) bond motifs is 1. The number of methoxy groups -OCH3 is 1. The Morgan fingerprint density at radius 2 is 2.11 bits per heavy atom. The first-order valence-electron chi connectivity index (χ1n) is 5.63. The quantitative estimate of drug-likeness (QED) is 0.643. The topological polar surface area (TPSA) is 72.5 Å². The van der Waals surface area contributed by atoms with Crippen LogP contribution in [0.15, 0.2) is 18.2 Å². The molecule has 0 unspecified atom stereocenters. The summed E-state index contributed by atoms with van der Waals surface area (Å²) < 4.78 is 4.48. The average molecular weight is 247 g/mol. The molecule has 0 bridgehead atoms. The van der Waals surface area contributed by atoms with Crippen LogP contribution in [0.25, 0.3) is 0 Å². The number of hydrogen-bond acceptors (Lipinski definition) is 4. The van der Waals surface area contributed by atoms with E-state index in [1.54, 1.807) is 18.2 Å². The van der Waals surface area contributed by atoms with E-state index < -0.39 is 5.97 Å². The molecule has 0 saturated carbocycles. The Hall–Kier alpha value is -2.17. The Morgan fingerprint density at radius 3 is 2.83 bits per heavy atom. The number of carbonyl (C=O) groups is 3. The van der Waals surface area contributed by atoms with Crippen molar-refractivity contribution >= 4 is 23.3 Å². The molecular formula is C13H13NO4. The summed E-state index contributed by atoms with van der Waals surface area (Å²) in [7, 11) is 1.29. The van der Waals surface area contributed by atoms with Gasteiger partial charge in [-0.05, 0) is 23.8 Å². The van der Waals surface area contributed by atoms with Gasteiger partial charge < -0.3 is 10.1 Å². The van der Waals surface area contributed by atoms with E-state index in [2.05, 4.69) is 10.1 Å². The first-order valence-corrected chi connectivity index (χ1v) is 5.63. The largest absolute Gasteiger partial charge is 0.469 e. The highest BCUT2D eigenvalue weighted by atomic mass is 16.5. The molecule has 0 aliphatic carbocycles. The lowest BCUT2D eigenvalue weighted by Gasteiger charge is -2.03. The zero-order chi connectivity index (χ0) is 13.1. The first-order chi connectivity index (χ1) is 8.60. The number of ether oxygens (including phenoxy) is 1. The van der Waals surface area contributed by atoms with Gasteiger partial charge in [-0.2, -0.15) is 0 Å². The number of esters is 1. The van der Waals surface area contributed by atoms with E-state index in [1.807, 2.05) is 0 Å². The molecule has 1 N–H and O–H groups in total. The first kappa shape index (κ1) is 12.3. The summed E-state index contributed by atoms with van der Waals surface area (Å²) >= 11 is 0. The maximum absolute atomic E-state index is 11.8. The fourth-order valence-corrected chi connectivity index (χ4v) is 1.86. The van der Waals surface area contributed by atoms with Gasteiger partial charge in [0.25, 0.3) is 0 Å². The number of Topliss-reactive ketones (excluding diaryl/α,β-unsaturated/α-hetero) is 1. The molecular weight excluding hydrogens is 234 g/mol. The van der Waals surface area contributed by atoms with Crippen molar-refractivity contribution in [3.05, 3.63) is 29.3 Å². The number of benzene rings is 1. The molecule has 0 aromatic heterocycles. The minimum Gasteiger partial charge on any atom is -0.469 e. The summed E-state index contributed by atoms with van der Waals surface area (Å²) in [6, 6.07) is 5.07. The van der Waals surface area contributed by atoms with Crippen LogP contribution in [-0.2, 0) is 20.7 Å². The number of rotatable bonds is 4. The number of amides is 1. The van der Waals surface area contributed by atoms with Gasteiger partial charge in [-0.15, -0.1) is 0 Å². The summed E-state index contributed by atoms with van der Waals surface area (Å²) in [6.45, 7) is 0. The van der Waals surface area contributed by atoms with Gasteiger partial charge in [0.2, 0.25) is 5.91 Å². The average Bonchev–Trinajstić information content (AvgIpc) is 2.74. The van der Waals surface area contributed by atoms with Crippen molar-refractivity contribution in [2.75, 3.05) is 12.4 Å². The fourth-order valence-electron chi connectivity index (χ4n) is 1.86. The van der Waals surface area contributed by atoms with Crippen LogP contribution in [0.2, 0.25) is 0 Å². The molecule has 94 valence electrons. The van der Waals surface area contributed by atoms with Crippen molar-refractivity contribution in [3.8, 4) is 0 Å². The highest BCUT2D eigenvalue weighted by molar-refractivity contribution is 6.02. The molecule has 1 amide bonds. The van der Waals surface area contributed by atoms with Gasteiger partial charge in [-0.3, -0.25) is 14.4 Å². The lowest BCUT2D eigenvalue weighted by atomic mass is 10.0. The lowest BCUT2D eigenvalue weighted by molar-refractivity contribution is -0.140. The van der Waals surface area contributed by atoms with Crippen LogP contribution in [0.1, 0.15) is 28.8 Å². The highest BCUT2D eigenvalue weighted by Gasteiger charge is 2.19. The second kappa shape index (κ2) is 5.00. The molecule has 1 aliphatic rings. The van der Waals surface area contributed by atoms with Crippen molar-refractivity contribution in [3.63, 3.8) is 0 Å². The molecule has 0 saturated heterocycles. The van der Waals surface area contributed by atoms with E-state index in [9.17, 15) is 14.4 Å². The Labute approximate surface area is 104 Å². The summed E-state index contributed by atoms with van der Waals surface area (Å²) in [6.07, 6.45) is 0.490. The van der Waals surface area contributed by atoms with E-state index in [0.717, 1.165) is 11.3 Å². The third kappa shape index (κ3) is 2.56. The van der Waals surface area contributed by atoms with Crippen molar-refractivity contribution in [2.45, 2.75) is 19.3 Å². The predicted molar refractivity (Wildman–Crippen MR) is 64.4 cm³/mol. The predicted octanol–water partition coefficient (Wildman–Crippen LogP) is 1.32. The maximum atomic E-state index is 11.8.